The molecule has 0 fully saturated rings. The van der Waals surface area contributed by atoms with Gasteiger partial charge in [-0.25, -0.2) is 9.78 Å². The molecular weight excluding hydrogens is 380 g/mol. The van der Waals surface area contributed by atoms with E-state index in [1.54, 1.807) is 42.7 Å². The van der Waals surface area contributed by atoms with Crippen molar-refractivity contribution in [2.75, 3.05) is 27.9 Å². The second kappa shape index (κ2) is 10.1. The van der Waals surface area contributed by atoms with E-state index in [0.717, 1.165) is 6.42 Å². The molecule has 0 bridgehead atoms. The summed E-state index contributed by atoms with van der Waals surface area (Å²) < 4.78 is 15.2. The van der Waals surface area contributed by atoms with Crippen LogP contribution in [0.15, 0.2) is 23.6 Å². The molecule has 0 aliphatic rings. The van der Waals surface area contributed by atoms with E-state index in [0.29, 0.717) is 41.1 Å². The zero-order valence-corrected chi connectivity index (χ0v) is 17.7. The average molecular weight is 407 g/mol. The van der Waals surface area contributed by atoms with Gasteiger partial charge in [-0.1, -0.05) is 13.8 Å². The van der Waals surface area contributed by atoms with Gasteiger partial charge in [0.05, 0.1) is 27.9 Å². The molecule has 1 aromatic carbocycles. The molecule has 0 N–H and O–H groups in total. The van der Waals surface area contributed by atoms with Crippen LogP contribution in [0.25, 0.3) is 0 Å². The number of methoxy groups -OCH3 is 3. The summed E-state index contributed by atoms with van der Waals surface area (Å²) in [6.07, 6.45) is 0.849. The third-order valence-electron chi connectivity index (χ3n) is 4.13. The van der Waals surface area contributed by atoms with Crippen molar-refractivity contribution in [3.63, 3.8) is 0 Å². The van der Waals surface area contributed by atoms with Gasteiger partial charge in [0.1, 0.15) is 16.5 Å². The van der Waals surface area contributed by atoms with Crippen molar-refractivity contribution >= 4 is 23.2 Å². The molecule has 7 nitrogen and oxygen atoms in total. The Kier molecular flexibility index (Phi) is 7.80. The zero-order chi connectivity index (χ0) is 20.7. The van der Waals surface area contributed by atoms with E-state index in [1.165, 1.54) is 18.4 Å². The lowest BCUT2D eigenvalue weighted by Crippen LogP contribution is -2.32. The monoisotopic (exact) mass is 406 g/mol. The first-order valence-corrected chi connectivity index (χ1v) is 9.81. The largest absolute Gasteiger partial charge is 0.497 e. The van der Waals surface area contributed by atoms with Gasteiger partial charge in [-0.3, -0.25) is 4.79 Å². The Bertz CT molecular complexity index is 796. The van der Waals surface area contributed by atoms with Gasteiger partial charge in [-0.05, 0) is 24.5 Å². The average Bonchev–Trinajstić information content (AvgIpc) is 3.17. The van der Waals surface area contributed by atoms with Crippen LogP contribution < -0.4 is 9.47 Å². The quantitative estimate of drug-likeness (QED) is 0.592. The van der Waals surface area contributed by atoms with E-state index in [2.05, 4.69) is 18.8 Å². The van der Waals surface area contributed by atoms with Crippen LogP contribution in [-0.4, -0.2) is 49.6 Å². The topological polar surface area (TPSA) is 78.0 Å². The van der Waals surface area contributed by atoms with Crippen molar-refractivity contribution in [3.8, 4) is 11.5 Å². The molecular formula is C20H26N2O5S. The molecule has 0 unspecified atom stereocenters. The number of carbonyl (C=O) groups is 2. The number of benzene rings is 1. The highest BCUT2D eigenvalue weighted by Gasteiger charge is 2.21. The number of hydrogen-bond acceptors (Lipinski definition) is 7. The van der Waals surface area contributed by atoms with Gasteiger partial charge in [0, 0.05) is 23.6 Å². The Morgan fingerprint density at radius 1 is 1.11 bits per heavy atom. The van der Waals surface area contributed by atoms with Crippen LogP contribution in [-0.2, 0) is 11.3 Å². The SMILES string of the molecule is COC(=O)c1csc(CN(CCC(C)C)C(=O)c2cc(OC)cc(OC)c2)n1. The number of thiazole rings is 1. The van der Waals surface area contributed by atoms with Crippen LogP contribution in [0.3, 0.4) is 0 Å². The van der Waals surface area contributed by atoms with Crippen molar-refractivity contribution in [2.24, 2.45) is 5.92 Å². The van der Waals surface area contributed by atoms with E-state index >= 15 is 0 Å². The van der Waals surface area contributed by atoms with Crippen LogP contribution in [0.1, 0.15) is 46.1 Å². The summed E-state index contributed by atoms with van der Waals surface area (Å²) in [6, 6.07) is 5.10. The van der Waals surface area contributed by atoms with E-state index < -0.39 is 5.97 Å². The summed E-state index contributed by atoms with van der Waals surface area (Å²) in [6.45, 7) is 5.10. The van der Waals surface area contributed by atoms with Gasteiger partial charge in [-0.2, -0.15) is 0 Å². The zero-order valence-electron chi connectivity index (χ0n) is 16.9. The van der Waals surface area contributed by atoms with Crippen molar-refractivity contribution in [3.05, 3.63) is 39.8 Å². The van der Waals surface area contributed by atoms with Crippen LogP contribution >= 0.6 is 11.3 Å². The number of esters is 1. The highest BCUT2D eigenvalue weighted by Crippen LogP contribution is 2.24. The molecule has 152 valence electrons. The number of amides is 1. The molecule has 28 heavy (non-hydrogen) atoms. The lowest BCUT2D eigenvalue weighted by Gasteiger charge is -2.23. The van der Waals surface area contributed by atoms with Gasteiger partial charge < -0.3 is 19.1 Å². The predicted octanol–water partition coefficient (Wildman–Crippen LogP) is 3.64. The summed E-state index contributed by atoms with van der Waals surface area (Å²) in [7, 11) is 4.41. The molecule has 0 aliphatic heterocycles. The van der Waals surface area contributed by atoms with E-state index in [9.17, 15) is 9.59 Å². The molecule has 0 saturated heterocycles. The third kappa shape index (κ3) is 5.69. The Hall–Kier alpha value is -2.61. The van der Waals surface area contributed by atoms with Crippen LogP contribution in [0.4, 0.5) is 0 Å². The summed E-state index contributed by atoms with van der Waals surface area (Å²) in [5.74, 6) is 0.910. The Balaban J connectivity index is 2.28. The molecule has 1 aromatic heterocycles. The fourth-order valence-corrected chi connectivity index (χ4v) is 3.30. The smallest absolute Gasteiger partial charge is 0.357 e. The summed E-state index contributed by atoms with van der Waals surface area (Å²) in [4.78, 5) is 30.9. The molecule has 2 rings (SSSR count). The predicted molar refractivity (Wildman–Crippen MR) is 107 cm³/mol. The first-order valence-electron chi connectivity index (χ1n) is 8.93. The Morgan fingerprint density at radius 2 is 1.75 bits per heavy atom. The second-order valence-electron chi connectivity index (χ2n) is 6.63. The summed E-state index contributed by atoms with van der Waals surface area (Å²) >= 11 is 1.33. The van der Waals surface area contributed by atoms with Gasteiger partial charge in [0.15, 0.2) is 5.69 Å². The minimum Gasteiger partial charge on any atom is -0.497 e. The first kappa shape index (κ1) is 21.7. The van der Waals surface area contributed by atoms with E-state index in [-0.39, 0.29) is 11.6 Å². The van der Waals surface area contributed by atoms with Gasteiger partial charge in [-0.15, -0.1) is 11.3 Å². The molecule has 0 saturated carbocycles. The van der Waals surface area contributed by atoms with Crippen LogP contribution in [0, 0.1) is 5.92 Å². The maximum Gasteiger partial charge on any atom is 0.357 e. The number of ether oxygens (including phenoxy) is 3. The minimum atomic E-state index is -0.486. The summed E-state index contributed by atoms with van der Waals surface area (Å²) in [5, 5.41) is 2.31. The number of nitrogens with zero attached hydrogens (tertiary/aromatic N) is 2. The van der Waals surface area contributed by atoms with Gasteiger partial charge in [0.25, 0.3) is 5.91 Å². The van der Waals surface area contributed by atoms with Crippen LogP contribution in [0.2, 0.25) is 0 Å². The molecule has 0 atom stereocenters. The van der Waals surface area contributed by atoms with Crippen LogP contribution in [0.5, 0.6) is 11.5 Å². The molecule has 2 aromatic rings. The normalized spacial score (nSPS) is 10.6. The van der Waals surface area contributed by atoms with Crippen molar-refractivity contribution in [1.29, 1.82) is 0 Å². The molecule has 0 aliphatic carbocycles. The molecule has 0 spiro atoms. The van der Waals surface area contributed by atoms with E-state index in [1.807, 2.05) is 0 Å². The standard InChI is InChI=1S/C20H26N2O5S/c1-13(2)6-7-22(11-18-21-17(12-28-18)20(24)27-5)19(23)14-8-15(25-3)10-16(9-14)26-4/h8-10,12-13H,6-7,11H2,1-5H3. The first-order chi connectivity index (χ1) is 13.4. The molecule has 0 radical (unpaired) electrons. The highest BCUT2D eigenvalue weighted by molar-refractivity contribution is 7.09. The lowest BCUT2D eigenvalue weighted by atomic mass is 10.1. The van der Waals surface area contributed by atoms with Crippen molar-refractivity contribution in [1.82, 2.24) is 9.88 Å². The fourth-order valence-electron chi connectivity index (χ4n) is 2.53. The van der Waals surface area contributed by atoms with Gasteiger partial charge >= 0.3 is 5.97 Å². The number of hydrogen-bond donors (Lipinski definition) is 0. The van der Waals surface area contributed by atoms with E-state index in [4.69, 9.17) is 14.2 Å². The summed E-state index contributed by atoms with van der Waals surface area (Å²) in [5.41, 5.74) is 0.728. The van der Waals surface area contributed by atoms with Crippen molar-refractivity contribution < 1.29 is 23.8 Å². The maximum atomic E-state index is 13.2. The van der Waals surface area contributed by atoms with Crippen molar-refractivity contribution in [2.45, 2.75) is 26.8 Å². The molecule has 1 heterocycles. The maximum absolute atomic E-state index is 13.2. The second-order valence-corrected chi connectivity index (χ2v) is 7.57. The number of aromatic nitrogens is 1. The third-order valence-corrected chi connectivity index (χ3v) is 4.97. The molecule has 1 amide bonds. The number of carbonyl (C=O) groups excluding carboxylic acids is 2. The molecule has 8 heteroatoms. The minimum absolute atomic E-state index is 0.146. The Labute approximate surface area is 169 Å². The Morgan fingerprint density at radius 3 is 2.29 bits per heavy atom. The number of rotatable bonds is 9. The lowest BCUT2D eigenvalue weighted by molar-refractivity contribution is 0.0594. The van der Waals surface area contributed by atoms with Gasteiger partial charge in [0.2, 0.25) is 0 Å². The fraction of sp³-hybridized carbons (Fsp3) is 0.450. The highest BCUT2D eigenvalue weighted by atomic mass is 32.1.